The van der Waals surface area contributed by atoms with Crippen molar-refractivity contribution in [1.29, 1.82) is 0 Å². The molecule has 1 atom stereocenters. The van der Waals surface area contributed by atoms with Gasteiger partial charge in [-0.2, -0.15) is 0 Å². The molecule has 1 N–H and O–H groups in total. The molecule has 0 bridgehead atoms. The molecule has 0 spiro atoms. The van der Waals surface area contributed by atoms with Crippen LogP contribution in [-0.2, 0) is 17.8 Å². The highest BCUT2D eigenvalue weighted by atomic mass is 35.5. The van der Waals surface area contributed by atoms with Gasteiger partial charge in [0.2, 0.25) is 5.91 Å². The van der Waals surface area contributed by atoms with Crippen molar-refractivity contribution in [1.82, 2.24) is 4.90 Å². The third-order valence-corrected chi connectivity index (χ3v) is 5.44. The standard InChI is InChI=1S/C22H27ClN2O2/c1-5-27-19-7-6-17-8-9-25(13-18(17)12-19)16(4)22(26)24-21-15(3)10-14(2)11-20(21)23/h6-7,10-12,16H,5,8-9,13H2,1-4H3,(H,24,26). The maximum absolute atomic E-state index is 12.8. The van der Waals surface area contributed by atoms with Gasteiger partial charge < -0.3 is 10.1 Å². The summed E-state index contributed by atoms with van der Waals surface area (Å²) in [5.74, 6) is 0.852. The molecule has 2 aromatic rings. The van der Waals surface area contributed by atoms with Gasteiger partial charge in [0.25, 0.3) is 0 Å². The van der Waals surface area contributed by atoms with Crippen molar-refractivity contribution >= 4 is 23.2 Å². The van der Waals surface area contributed by atoms with Gasteiger partial charge in [-0.3, -0.25) is 9.69 Å². The highest BCUT2D eigenvalue weighted by Gasteiger charge is 2.26. The number of benzene rings is 2. The Bertz CT molecular complexity index is 827. The monoisotopic (exact) mass is 386 g/mol. The summed E-state index contributed by atoms with van der Waals surface area (Å²) in [7, 11) is 0. The molecular formula is C22H27ClN2O2. The molecule has 0 fully saturated rings. The summed E-state index contributed by atoms with van der Waals surface area (Å²) in [6.45, 7) is 10.1. The molecule has 144 valence electrons. The first kappa shape index (κ1) is 19.7. The lowest BCUT2D eigenvalue weighted by atomic mass is 9.98. The Labute approximate surface area is 166 Å². The minimum Gasteiger partial charge on any atom is -0.494 e. The molecule has 1 aliphatic rings. The van der Waals surface area contributed by atoms with Gasteiger partial charge in [0.15, 0.2) is 0 Å². The fourth-order valence-corrected chi connectivity index (χ4v) is 3.98. The third kappa shape index (κ3) is 4.45. The summed E-state index contributed by atoms with van der Waals surface area (Å²) in [4.78, 5) is 15.0. The van der Waals surface area contributed by atoms with Crippen LogP contribution in [0.4, 0.5) is 5.69 Å². The minimum absolute atomic E-state index is 0.0340. The third-order valence-electron chi connectivity index (χ3n) is 5.14. The maximum atomic E-state index is 12.8. The minimum atomic E-state index is -0.245. The van der Waals surface area contributed by atoms with Crippen LogP contribution in [-0.4, -0.2) is 30.0 Å². The predicted octanol–water partition coefficient (Wildman–Crippen LogP) is 4.74. The Hall–Kier alpha value is -2.04. The second-order valence-corrected chi connectivity index (χ2v) is 7.60. The molecule has 0 aromatic heterocycles. The predicted molar refractivity (Wildman–Crippen MR) is 111 cm³/mol. The highest BCUT2D eigenvalue weighted by molar-refractivity contribution is 6.34. The number of nitrogens with one attached hydrogen (secondary N) is 1. The van der Waals surface area contributed by atoms with Gasteiger partial charge in [0.05, 0.1) is 23.4 Å². The van der Waals surface area contributed by atoms with Crippen LogP contribution in [0.25, 0.3) is 0 Å². The largest absolute Gasteiger partial charge is 0.494 e. The summed E-state index contributed by atoms with van der Waals surface area (Å²) >= 11 is 6.34. The molecule has 0 radical (unpaired) electrons. The van der Waals surface area contributed by atoms with E-state index in [9.17, 15) is 4.79 Å². The number of carbonyl (C=O) groups excluding carboxylic acids is 1. The first-order chi connectivity index (χ1) is 12.9. The van der Waals surface area contributed by atoms with E-state index in [0.717, 1.165) is 36.4 Å². The van der Waals surface area contributed by atoms with E-state index in [2.05, 4.69) is 22.3 Å². The van der Waals surface area contributed by atoms with Gasteiger partial charge in [-0.15, -0.1) is 0 Å². The Kier molecular flexibility index (Phi) is 6.08. The Morgan fingerprint density at radius 3 is 2.74 bits per heavy atom. The van der Waals surface area contributed by atoms with Crippen molar-refractivity contribution in [3.05, 3.63) is 57.6 Å². The topological polar surface area (TPSA) is 41.6 Å². The molecule has 1 unspecified atom stereocenters. The van der Waals surface area contributed by atoms with Gasteiger partial charge in [0.1, 0.15) is 5.75 Å². The van der Waals surface area contributed by atoms with Crippen LogP contribution in [0.3, 0.4) is 0 Å². The van der Waals surface area contributed by atoms with Crippen molar-refractivity contribution in [3.63, 3.8) is 0 Å². The molecule has 27 heavy (non-hydrogen) atoms. The average Bonchev–Trinajstić information content (AvgIpc) is 2.63. The van der Waals surface area contributed by atoms with Gasteiger partial charge in [-0.05, 0) is 74.6 Å². The number of carbonyl (C=O) groups is 1. The van der Waals surface area contributed by atoms with E-state index in [1.807, 2.05) is 45.9 Å². The second kappa shape index (κ2) is 8.32. The average molecular weight is 387 g/mol. The number of amides is 1. The molecule has 1 aliphatic heterocycles. The molecule has 0 saturated heterocycles. The molecule has 3 rings (SSSR count). The maximum Gasteiger partial charge on any atom is 0.241 e. The summed E-state index contributed by atoms with van der Waals surface area (Å²) < 4.78 is 5.62. The number of hydrogen-bond acceptors (Lipinski definition) is 3. The molecule has 0 saturated carbocycles. The lowest BCUT2D eigenvalue weighted by Crippen LogP contribution is -2.44. The fraction of sp³-hybridized carbons (Fsp3) is 0.409. The summed E-state index contributed by atoms with van der Waals surface area (Å²) in [6, 6.07) is 9.91. The molecule has 2 aromatic carbocycles. The summed E-state index contributed by atoms with van der Waals surface area (Å²) in [6.07, 6.45) is 0.934. The van der Waals surface area contributed by atoms with E-state index in [0.29, 0.717) is 17.3 Å². The molecule has 1 heterocycles. The number of anilines is 1. The van der Waals surface area contributed by atoms with E-state index in [1.165, 1.54) is 11.1 Å². The van der Waals surface area contributed by atoms with Gasteiger partial charge in [-0.25, -0.2) is 0 Å². The number of halogens is 1. The van der Waals surface area contributed by atoms with Crippen molar-refractivity contribution in [2.24, 2.45) is 0 Å². The Balaban J connectivity index is 1.72. The Morgan fingerprint density at radius 1 is 1.26 bits per heavy atom. The van der Waals surface area contributed by atoms with E-state index < -0.39 is 0 Å². The SMILES string of the molecule is CCOc1ccc2c(c1)CN(C(C)C(=O)Nc1c(C)cc(C)cc1Cl)CC2. The molecule has 0 aliphatic carbocycles. The second-order valence-electron chi connectivity index (χ2n) is 7.19. The number of aryl methyl sites for hydroxylation is 2. The summed E-state index contributed by atoms with van der Waals surface area (Å²) in [5, 5.41) is 3.60. The lowest BCUT2D eigenvalue weighted by Gasteiger charge is -2.33. The zero-order valence-corrected chi connectivity index (χ0v) is 17.2. The van der Waals surface area contributed by atoms with Crippen LogP contribution in [0, 0.1) is 13.8 Å². The summed E-state index contributed by atoms with van der Waals surface area (Å²) in [5.41, 5.74) is 5.33. The fourth-order valence-electron chi connectivity index (χ4n) is 3.61. The number of fused-ring (bicyclic) bond motifs is 1. The quantitative estimate of drug-likeness (QED) is 0.806. The zero-order chi connectivity index (χ0) is 19.6. The molecule has 5 heteroatoms. The number of rotatable bonds is 5. The Morgan fingerprint density at radius 2 is 2.04 bits per heavy atom. The molecule has 1 amide bonds. The van der Waals surface area contributed by atoms with Crippen molar-refractivity contribution < 1.29 is 9.53 Å². The van der Waals surface area contributed by atoms with Crippen LogP contribution in [0.15, 0.2) is 30.3 Å². The number of ether oxygens (including phenoxy) is 1. The smallest absolute Gasteiger partial charge is 0.241 e. The first-order valence-corrected chi connectivity index (χ1v) is 9.83. The van der Waals surface area contributed by atoms with Crippen LogP contribution < -0.4 is 10.1 Å². The first-order valence-electron chi connectivity index (χ1n) is 9.45. The van der Waals surface area contributed by atoms with Gasteiger partial charge in [0, 0.05) is 13.1 Å². The van der Waals surface area contributed by atoms with E-state index in [4.69, 9.17) is 16.3 Å². The lowest BCUT2D eigenvalue weighted by molar-refractivity contribution is -0.121. The van der Waals surface area contributed by atoms with Crippen LogP contribution in [0.2, 0.25) is 5.02 Å². The number of hydrogen-bond donors (Lipinski definition) is 1. The van der Waals surface area contributed by atoms with E-state index in [1.54, 1.807) is 0 Å². The molecular weight excluding hydrogens is 360 g/mol. The van der Waals surface area contributed by atoms with Crippen molar-refractivity contribution in [2.75, 3.05) is 18.5 Å². The van der Waals surface area contributed by atoms with Gasteiger partial charge >= 0.3 is 0 Å². The highest BCUT2D eigenvalue weighted by Crippen LogP contribution is 2.29. The van der Waals surface area contributed by atoms with Crippen LogP contribution >= 0.6 is 11.6 Å². The molecule has 4 nitrogen and oxygen atoms in total. The zero-order valence-electron chi connectivity index (χ0n) is 16.4. The van der Waals surface area contributed by atoms with Crippen LogP contribution in [0.5, 0.6) is 5.75 Å². The van der Waals surface area contributed by atoms with E-state index >= 15 is 0 Å². The van der Waals surface area contributed by atoms with Crippen LogP contribution in [0.1, 0.15) is 36.1 Å². The normalized spacial score (nSPS) is 15.1. The van der Waals surface area contributed by atoms with Gasteiger partial charge in [-0.1, -0.05) is 23.7 Å². The van der Waals surface area contributed by atoms with Crippen molar-refractivity contribution in [2.45, 2.75) is 46.7 Å². The van der Waals surface area contributed by atoms with Crippen molar-refractivity contribution in [3.8, 4) is 5.75 Å². The van der Waals surface area contributed by atoms with E-state index in [-0.39, 0.29) is 11.9 Å². The number of nitrogens with zero attached hydrogens (tertiary/aromatic N) is 1.